The summed E-state index contributed by atoms with van der Waals surface area (Å²) in [5, 5.41) is 10.7. The molecule has 0 bridgehead atoms. The van der Waals surface area contributed by atoms with E-state index in [0.717, 1.165) is 4.47 Å². The summed E-state index contributed by atoms with van der Waals surface area (Å²) in [7, 11) is 0. The quantitative estimate of drug-likeness (QED) is 0.733. The maximum atomic E-state index is 13.7. The molecule has 5 heteroatoms. The molecule has 1 unspecified atom stereocenters. The highest BCUT2D eigenvalue weighted by molar-refractivity contribution is 9.10. The Balaban J connectivity index is 2.25. The van der Waals surface area contributed by atoms with Gasteiger partial charge in [-0.1, -0.05) is 49.5 Å². The Labute approximate surface area is 132 Å². The van der Waals surface area contributed by atoms with E-state index < -0.39 is 6.10 Å². The lowest BCUT2D eigenvalue weighted by Gasteiger charge is -2.14. The van der Waals surface area contributed by atoms with Crippen molar-refractivity contribution in [2.45, 2.75) is 12.5 Å². The summed E-state index contributed by atoms with van der Waals surface area (Å²) in [6.45, 7) is 0. The van der Waals surface area contributed by atoms with Crippen LogP contribution in [0.4, 0.5) is 4.39 Å². The number of halogens is 4. The zero-order valence-corrected chi connectivity index (χ0v) is 13.6. The van der Waals surface area contributed by atoms with Crippen molar-refractivity contribution in [3.8, 4) is 0 Å². The minimum absolute atomic E-state index is 0.193. The molecule has 2 rings (SSSR count). The molecule has 0 aromatic heterocycles. The highest BCUT2D eigenvalue weighted by Crippen LogP contribution is 2.29. The monoisotopic (exact) mass is 406 g/mol. The first-order valence-electron chi connectivity index (χ1n) is 5.54. The van der Waals surface area contributed by atoms with Crippen LogP contribution in [-0.4, -0.2) is 5.11 Å². The van der Waals surface area contributed by atoms with Crippen molar-refractivity contribution in [2.75, 3.05) is 0 Å². The summed E-state index contributed by atoms with van der Waals surface area (Å²) < 4.78 is 15.2. The van der Waals surface area contributed by atoms with Gasteiger partial charge in [0.05, 0.1) is 6.10 Å². The molecule has 100 valence electrons. The van der Waals surface area contributed by atoms with Gasteiger partial charge in [-0.3, -0.25) is 0 Å². The van der Waals surface area contributed by atoms with Crippen LogP contribution in [0, 0.1) is 5.82 Å². The van der Waals surface area contributed by atoms with Crippen molar-refractivity contribution in [1.29, 1.82) is 0 Å². The van der Waals surface area contributed by atoms with Gasteiger partial charge in [0.15, 0.2) is 0 Å². The van der Waals surface area contributed by atoms with Crippen molar-refractivity contribution in [2.24, 2.45) is 0 Å². The Morgan fingerprint density at radius 3 is 2.58 bits per heavy atom. The molecule has 0 heterocycles. The van der Waals surface area contributed by atoms with Crippen molar-refractivity contribution < 1.29 is 9.50 Å². The molecular weight excluding hydrogens is 398 g/mol. The van der Waals surface area contributed by atoms with Gasteiger partial charge in [0, 0.05) is 20.4 Å². The minimum Gasteiger partial charge on any atom is -0.388 e. The smallest absolute Gasteiger partial charge is 0.127 e. The van der Waals surface area contributed by atoms with Gasteiger partial charge in [-0.2, -0.15) is 0 Å². The fourth-order valence-corrected chi connectivity index (χ4v) is 2.80. The summed E-state index contributed by atoms with van der Waals surface area (Å²) in [5.74, 6) is -0.341. The van der Waals surface area contributed by atoms with Crippen LogP contribution in [0.15, 0.2) is 45.3 Å². The molecule has 1 N–H and O–H groups in total. The van der Waals surface area contributed by atoms with E-state index in [-0.39, 0.29) is 12.2 Å². The largest absolute Gasteiger partial charge is 0.388 e. The Hall–Kier alpha value is -0.420. The first-order chi connectivity index (χ1) is 8.97. The van der Waals surface area contributed by atoms with Crippen LogP contribution in [0.5, 0.6) is 0 Å². The molecule has 1 atom stereocenters. The number of benzene rings is 2. The van der Waals surface area contributed by atoms with Crippen LogP contribution in [0.3, 0.4) is 0 Å². The van der Waals surface area contributed by atoms with Gasteiger partial charge in [0.25, 0.3) is 0 Å². The lowest BCUT2D eigenvalue weighted by molar-refractivity contribution is 0.176. The summed E-state index contributed by atoms with van der Waals surface area (Å²) in [4.78, 5) is 0. The number of rotatable bonds is 3. The van der Waals surface area contributed by atoms with Crippen molar-refractivity contribution in [3.63, 3.8) is 0 Å². The molecule has 0 aliphatic rings. The molecule has 19 heavy (non-hydrogen) atoms. The topological polar surface area (TPSA) is 20.2 Å². The van der Waals surface area contributed by atoms with E-state index in [2.05, 4.69) is 31.9 Å². The van der Waals surface area contributed by atoms with E-state index in [1.807, 2.05) is 0 Å². The third-order valence-electron chi connectivity index (χ3n) is 2.75. The van der Waals surface area contributed by atoms with Crippen LogP contribution in [0.25, 0.3) is 0 Å². The third kappa shape index (κ3) is 3.78. The van der Waals surface area contributed by atoms with Crippen molar-refractivity contribution >= 4 is 43.5 Å². The van der Waals surface area contributed by atoms with E-state index in [0.29, 0.717) is 20.6 Å². The summed E-state index contributed by atoms with van der Waals surface area (Å²) in [5.41, 5.74) is 1.11. The van der Waals surface area contributed by atoms with Gasteiger partial charge in [-0.05, 0) is 41.5 Å². The summed E-state index contributed by atoms with van der Waals surface area (Å²) in [6.07, 6.45) is -0.623. The van der Waals surface area contributed by atoms with E-state index >= 15 is 0 Å². The fourth-order valence-electron chi connectivity index (χ4n) is 1.78. The molecule has 0 radical (unpaired) electrons. The molecule has 2 aromatic rings. The molecule has 1 nitrogen and oxygen atoms in total. The molecule has 0 aliphatic carbocycles. The maximum absolute atomic E-state index is 13.7. The van der Waals surface area contributed by atoms with Gasteiger partial charge in [-0.25, -0.2) is 4.39 Å². The molecule has 0 aliphatic heterocycles. The molecule has 0 saturated carbocycles. The summed E-state index contributed by atoms with van der Waals surface area (Å²) in [6, 6.07) is 9.95. The molecule has 0 amide bonds. The third-order valence-corrected chi connectivity index (χ3v) is 4.20. The van der Waals surface area contributed by atoms with Crippen LogP contribution in [-0.2, 0) is 6.42 Å². The highest BCUT2D eigenvalue weighted by Gasteiger charge is 2.15. The number of hydrogen-bond acceptors (Lipinski definition) is 1. The zero-order chi connectivity index (χ0) is 14.0. The predicted octanol–water partition coefficient (Wildman–Crippen LogP) is 5.28. The molecule has 0 fully saturated rings. The van der Waals surface area contributed by atoms with Gasteiger partial charge in [-0.15, -0.1) is 0 Å². The van der Waals surface area contributed by atoms with Crippen LogP contribution >= 0.6 is 43.5 Å². The maximum Gasteiger partial charge on any atom is 0.127 e. The van der Waals surface area contributed by atoms with E-state index in [9.17, 15) is 9.50 Å². The highest BCUT2D eigenvalue weighted by atomic mass is 79.9. The molecule has 0 spiro atoms. The lowest BCUT2D eigenvalue weighted by atomic mass is 10.0. The van der Waals surface area contributed by atoms with Crippen molar-refractivity contribution in [1.82, 2.24) is 0 Å². The van der Waals surface area contributed by atoms with E-state index in [1.165, 1.54) is 6.07 Å². The van der Waals surface area contributed by atoms with Gasteiger partial charge < -0.3 is 5.11 Å². The van der Waals surface area contributed by atoms with Crippen LogP contribution in [0.1, 0.15) is 17.2 Å². The van der Waals surface area contributed by atoms with Gasteiger partial charge in [0.2, 0.25) is 0 Å². The second kappa shape index (κ2) is 6.35. The molecular formula is C14H10Br2ClFO. The first-order valence-corrected chi connectivity index (χ1v) is 7.50. The van der Waals surface area contributed by atoms with Gasteiger partial charge >= 0.3 is 0 Å². The normalized spacial score (nSPS) is 12.5. The van der Waals surface area contributed by atoms with Crippen LogP contribution < -0.4 is 0 Å². The Morgan fingerprint density at radius 2 is 1.89 bits per heavy atom. The second-order valence-corrected chi connectivity index (χ2v) is 6.33. The van der Waals surface area contributed by atoms with Crippen molar-refractivity contribution in [3.05, 3.63) is 67.3 Å². The average Bonchev–Trinajstić information content (AvgIpc) is 2.35. The first kappa shape index (κ1) is 15.0. The number of hydrogen-bond donors (Lipinski definition) is 1. The Bertz CT molecular complexity index is 604. The predicted molar refractivity (Wildman–Crippen MR) is 81.9 cm³/mol. The Morgan fingerprint density at radius 1 is 1.16 bits per heavy atom. The average molecular weight is 408 g/mol. The number of aliphatic hydroxyl groups is 1. The van der Waals surface area contributed by atoms with Crippen LogP contribution in [0.2, 0.25) is 5.02 Å². The number of aliphatic hydroxyl groups excluding tert-OH is 1. The van der Waals surface area contributed by atoms with E-state index in [4.69, 9.17) is 11.6 Å². The lowest BCUT2D eigenvalue weighted by Crippen LogP contribution is -2.04. The SMILES string of the molecule is OC(Cc1ccc(Br)cc1F)c1cc(Cl)ccc1Br. The summed E-state index contributed by atoms with van der Waals surface area (Å²) >= 11 is 12.5. The molecule has 0 saturated heterocycles. The van der Waals surface area contributed by atoms with E-state index in [1.54, 1.807) is 30.3 Å². The standard InChI is InChI=1S/C14H10Br2ClFO/c15-9-2-1-8(13(18)6-9)5-14(19)11-7-10(17)3-4-12(11)16/h1-4,6-7,14,19H,5H2. The Kier molecular flexibility index (Phi) is 5.01. The zero-order valence-electron chi connectivity index (χ0n) is 9.71. The minimum atomic E-state index is -0.816. The molecule has 2 aromatic carbocycles. The second-order valence-electron chi connectivity index (χ2n) is 4.12. The van der Waals surface area contributed by atoms with Gasteiger partial charge in [0.1, 0.15) is 5.82 Å². The fraction of sp³-hybridized carbons (Fsp3) is 0.143.